The van der Waals surface area contributed by atoms with E-state index < -0.39 is 0 Å². The van der Waals surface area contributed by atoms with Crippen LogP contribution in [0.15, 0.2) is 30.5 Å². The van der Waals surface area contributed by atoms with Crippen molar-refractivity contribution in [1.29, 1.82) is 0 Å². The smallest absolute Gasteiger partial charge is 0.0482 e. The van der Waals surface area contributed by atoms with Crippen LogP contribution in [-0.4, -0.2) is 6.21 Å². The van der Waals surface area contributed by atoms with Gasteiger partial charge in [0.05, 0.1) is 0 Å². The number of hydrogen-bond acceptors (Lipinski definition) is 3. The van der Waals surface area contributed by atoms with Crippen LogP contribution in [0.25, 0.3) is 0 Å². The highest BCUT2D eigenvalue weighted by Gasteiger charge is 1.59. The van der Waals surface area contributed by atoms with Gasteiger partial charge in [0.25, 0.3) is 0 Å². The molecular weight excluding hydrogens is 126 g/mol. The van der Waals surface area contributed by atoms with Gasteiger partial charge >= 0.3 is 0 Å². The van der Waals surface area contributed by atoms with Gasteiger partial charge in [0, 0.05) is 12.4 Å². The van der Waals surface area contributed by atoms with E-state index in [4.69, 9.17) is 0 Å². The van der Waals surface area contributed by atoms with E-state index in [-0.39, 0.29) is 0 Å². The van der Waals surface area contributed by atoms with Gasteiger partial charge in [-0.1, -0.05) is 27.0 Å². The minimum atomic E-state index is 1.49. The van der Waals surface area contributed by atoms with Crippen molar-refractivity contribution >= 4 is 6.21 Å². The molecule has 3 nitrogen and oxygen atoms in total. The lowest BCUT2D eigenvalue weighted by atomic mass is 10.7. The molecule has 0 aromatic carbocycles. The average molecular weight is 141 g/mol. The maximum Gasteiger partial charge on any atom is 0.0482 e. The minimum Gasteiger partial charge on any atom is -0.293 e. The lowest BCUT2D eigenvalue weighted by molar-refractivity contribution is 0.672. The maximum atomic E-state index is 3.60. The molecule has 0 aliphatic carbocycles. The summed E-state index contributed by atoms with van der Waals surface area (Å²) < 4.78 is 0. The molecule has 0 rings (SSSR count). The molecule has 0 aromatic heterocycles. The van der Waals surface area contributed by atoms with Gasteiger partial charge in [0.2, 0.25) is 0 Å². The summed E-state index contributed by atoms with van der Waals surface area (Å²) in [6.07, 6.45) is 4.58. The van der Waals surface area contributed by atoms with Crippen LogP contribution in [0.4, 0.5) is 0 Å². The fourth-order valence-corrected chi connectivity index (χ4v) is 0.173. The number of nitrogens with one attached hydrogen (secondary N) is 2. The monoisotopic (exact) mass is 141 g/mol. The van der Waals surface area contributed by atoms with Crippen molar-refractivity contribution in [2.24, 2.45) is 5.10 Å². The van der Waals surface area contributed by atoms with Crippen LogP contribution in [0.3, 0.4) is 0 Å². The second kappa shape index (κ2) is 15.7. The number of hydrazine groups is 1. The molecular formula is C7H15N3. The van der Waals surface area contributed by atoms with Crippen molar-refractivity contribution in [2.75, 3.05) is 0 Å². The van der Waals surface area contributed by atoms with Gasteiger partial charge in [-0.05, 0) is 6.08 Å². The predicted molar refractivity (Wildman–Crippen MR) is 46.5 cm³/mol. The standard InChI is InChI=1S/C5H9N3.C2H6/c1-3-5-7-8-6-4-2;1-2/h3-6,8H,1-2H2;1-2H3/b7-5-;. The highest BCUT2D eigenvalue weighted by atomic mass is 15.5. The number of allylic oxidation sites excluding steroid dienone is 1. The second-order valence-corrected chi connectivity index (χ2v) is 0.974. The number of hydrazone groups is 1. The Hall–Kier alpha value is -1.25. The maximum absolute atomic E-state index is 3.60. The Morgan fingerprint density at radius 2 is 1.90 bits per heavy atom. The summed E-state index contributed by atoms with van der Waals surface area (Å²) in [6.45, 7) is 10.8. The molecule has 0 radical (unpaired) electrons. The molecule has 0 aliphatic rings. The number of rotatable bonds is 4. The molecule has 2 N–H and O–H groups in total. The van der Waals surface area contributed by atoms with Gasteiger partial charge in [-0.25, -0.2) is 5.53 Å². The first-order chi connectivity index (χ1) is 4.91. The molecule has 0 atom stereocenters. The van der Waals surface area contributed by atoms with E-state index in [1.54, 1.807) is 6.08 Å². The van der Waals surface area contributed by atoms with Crippen LogP contribution in [0.5, 0.6) is 0 Å². The molecule has 0 unspecified atom stereocenters. The third-order valence-corrected chi connectivity index (χ3v) is 0.411. The van der Waals surface area contributed by atoms with Crippen molar-refractivity contribution in [3.63, 3.8) is 0 Å². The van der Waals surface area contributed by atoms with Gasteiger partial charge in [-0.3, -0.25) is 5.43 Å². The summed E-state index contributed by atoms with van der Waals surface area (Å²) in [5, 5.41) is 3.60. The number of hydrogen-bond donors (Lipinski definition) is 2. The molecule has 0 bridgehead atoms. The Kier molecular flexibility index (Phi) is 18.1. The zero-order valence-corrected chi connectivity index (χ0v) is 6.59. The van der Waals surface area contributed by atoms with Gasteiger partial charge in [-0.2, -0.15) is 5.10 Å². The minimum absolute atomic E-state index is 1.49. The fourth-order valence-electron chi connectivity index (χ4n) is 0.173. The van der Waals surface area contributed by atoms with Crippen LogP contribution in [0.2, 0.25) is 0 Å². The summed E-state index contributed by atoms with van der Waals surface area (Å²) in [4.78, 5) is 0. The molecule has 0 heterocycles. The van der Waals surface area contributed by atoms with Crippen molar-refractivity contribution < 1.29 is 0 Å². The van der Waals surface area contributed by atoms with Crippen molar-refractivity contribution in [3.8, 4) is 0 Å². The van der Waals surface area contributed by atoms with Gasteiger partial charge in [0.1, 0.15) is 0 Å². The third kappa shape index (κ3) is 15.9. The normalized spacial score (nSPS) is 7.40. The molecule has 3 heteroatoms. The number of nitrogens with zero attached hydrogens (tertiary/aromatic N) is 1. The lowest BCUT2D eigenvalue weighted by Crippen LogP contribution is -2.19. The van der Waals surface area contributed by atoms with E-state index in [1.807, 2.05) is 13.8 Å². The van der Waals surface area contributed by atoms with Crippen LogP contribution in [0, 0.1) is 0 Å². The SMILES string of the molecule is C=C/C=N\NNC=C.CC. The average Bonchev–Trinajstić information content (AvgIpc) is 2.02. The first-order valence-corrected chi connectivity index (χ1v) is 3.17. The Balaban J connectivity index is 0. The molecule has 0 aromatic rings. The van der Waals surface area contributed by atoms with E-state index in [0.29, 0.717) is 0 Å². The summed E-state index contributed by atoms with van der Waals surface area (Å²) >= 11 is 0. The zero-order valence-electron chi connectivity index (χ0n) is 6.59. The Morgan fingerprint density at radius 1 is 1.30 bits per heavy atom. The van der Waals surface area contributed by atoms with Crippen molar-refractivity contribution in [2.45, 2.75) is 13.8 Å². The lowest BCUT2D eigenvalue weighted by Gasteiger charge is -1.92. The fraction of sp³-hybridized carbons (Fsp3) is 0.286. The molecule has 0 saturated carbocycles. The van der Waals surface area contributed by atoms with Crippen LogP contribution < -0.4 is 11.0 Å². The molecule has 0 saturated heterocycles. The highest BCUT2D eigenvalue weighted by molar-refractivity contribution is 5.69. The van der Waals surface area contributed by atoms with E-state index in [2.05, 4.69) is 29.2 Å². The largest absolute Gasteiger partial charge is 0.293 e. The quantitative estimate of drug-likeness (QED) is 0.353. The third-order valence-electron chi connectivity index (χ3n) is 0.411. The highest BCUT2D eigenvalue weighted by Crippen LogP contribution is 1.52. The molecule has 0 amide bonds. The topological polar surface area (TPSA) is 36.4 Å². The Morgan fingerprint density at radius 3 is 2.30 bits per heavy atom. The van der Waals surface area contributed by atoms with Crippen molar-refractivity contribution in [3.05, 3.63) is 25.4 Å². The Labute approximate surface area is 62.5 Å². The second-order valence-electron chi connectivity index (χ2n) is 0.974. The van der Waals surface area contributed by atoms with Crippen LogP contribution in [0.1, 0.15) is 13.8 Å². The van der Waals surface area contributed by atoms with E-state index in [9.17, 15) is 0 Å². The van der Waals surface area contributed by atoms with E-state index in [1.165, 1.54) is 12.4 Å². The Bertz CT molecular complexity index is 97.0. The summed E-state index contributed by atoms with van der Waals surface area (Å²) in [5.74, 6) is 0. The molecule has 0 aliphatic heterocycles. The van der Waals surface area contributed by atoms with Crippen LogP contribution in [-0.2, 0) is 0 Å². The summed E-state index contributed by atoms with van der Waals surface area (Å²) in [5.41, 5.74) is 5.02. The zero-order chi connectivity index (χ0) is 8.24. The first kappa shape index (κ1) is 11.5. The van der Waals surface area contributed by atoms with Gasteiger partial charge in [-0.15, -0.1) is 0 Å². The molecule has 0 fully saturated rings. The van der Waals surface area contributed by atoms with Crippen molar-refractivity contribution in [1.82, 2.24) is 11.0 Å². The van der Waals surface area contributed by atoms with E-state index >= 15 is 0 Å². The van der Waals surface area contributed by atoms with Gasteiger partial charge in [0.15, 0.2) is 0 Å². The van der Waals surface area contributed by atoms with Gasteiger partial charge < -0.3 is 0 Å². The molecule has 10 heavy (non-hydrogen) atoms. The summed E-state index contributed by atoms with van der Waals surface area (Å²) in [6, 6.07) is 0. The first-order valence-electron chi connectivity index (χ1n) is 3.17. The van der Waals surface area contributed by atoms with E-state index in [0.717, 1.165) is 0 Å². The molecule has 58 valence electrons. The predicted octanol–water partition coefficient (Wildman–Crippen LogP) is 1.42. The molecule has 0 spiro atoms. The summed E-state index contributed by atoms with van der Waals surface area (Å²) in [7, 11) is 0. The van der Waals surface area contributed by atoms with Crippen LogP contribution >= 0.6 is 0 Å².